The minimum Gasteiger partial charge on any atom is -0.306 e. The fourth-order valence-electron chi connectivity index (χ4n) is 2.40. The summed E-state index contributed by atoms with van der Waals surface area (Å²) in [7, 11) is 0. The highest BCUT2D eigenvalue weighted by Gasteiger charge is 2.05. The van der Waals surface area contributed by atoms with Crippen LogP contribution in [-0.4, -0.2) is 5.71 Å². The zero-order chi connectivity index (χ0) is 15.2. The smallest absolute Gasteiger partial charge is 0.113 e. The molecular weight excluding hydrogens is 262 g/mol. The van der Waals surface area contributed by atoms with Gasteiger partial charge in [-0.1, -0.05) is 38.1 Å². The number of benzene rings is 2. The number of rotatable bonds is 6. The average Bonchev–Trinajstić information content (AvgIpc) is 2.45. The van der Waals surface area contributed by atoms with Gasteiger partial charge in [-0.25, -0.2) is 0 Å². The lowest BCUT2D eigenvalue weighted by molar-refractivity contribution is 0.668. The van der Waals surface area contributed by atoms with Crippen LogP contribution in [0.4, 0.5) is 5.69 Å². The lowest BCUT2D eigenvalue weighted by atomic mass is 10.1. The third kappa shape index (κ3) is 4.12. The summed E-state index contributed by atoms with van der Waals surface area (Å²) in [6.45, 7) is 6.83. The predicted molar refractivity (Wildman–Crippen MR) is 88.8 cm³/mol. The summed E-state index contributed by atoms with van der Waals surface area (Å²) in [4.78, 5) is 11.0. The van der Waals surface area contributed by atoms with Crippen molar-refractivity contribution >= 4 is 22.2 Å². The van der Waals surface area contributed by atoms with Crippen LogP contribution in [0.3, 0.4) is 0 Å². The molecule has 4 nitrogen and oxygen atoms in total. The molecule has 0 amide bonds. The summed E-state index contributed by atoms with van der Waals surface area (Å²) in [6, 6.07) is 11.8. The van der Waals surface area contributed by atoms with E-state index in [1.54, 1.807) is 0 Å². The Morgan fingerprint density at radius 3 is 2.48 bits per heavy atom. The maximum atomic E-state index is 11.0. The number of hydrogen-bond donors (Lipinski definition) is 1. The third-order valence-corrected chi connectivity index (χ3v) is 3.29. The van der Waals surface area contributed by atoms with Gasteiger partial charge in [-0.15, -0.1) is 4.91 Å². The number of hydrogen-bond acceptors (Lipinski definition) is 4. The molecule has 0 spiro atoms. The van der Waals surface area contributed by atoms with Crippen LogP contribution in [0.25, 0.3) is 10.8 Å². The maximum absolute atomic E-state index is 11.0. The molecule has 21 heavy (non-hydrogen) atoms. The van der Waals surface area contributed by atoms with Crippen LogP contribution in [0, 0.1) is 10.8 Å². The SMILES string of the molecule is CC(CC(C)C)=NNCc1cc2ccccc2cc1N=O. The summed E-state index contributed by atoms with van der Waals surface area (Å²) in [5, 5.41) is 9.59. The first-order chi connectivity index (χ1) is 10.1. The van der Waals surface area contributed by atoms with Crippen molar-refractivity contribution in [2.75, 3.05) is 0 Å². The van der Waals surface area contributed by atoms with E-state index in [-0.39, 0.29) is 0 Å². The molecule has 0 aromatic heterocycles. The zero-order valence-electron chi connectivity index (χ0n) is 12.8. The summed E-state index contributed by atoms with van der Waals surface area (Å²) in [5.41, 5.74) is 5.43. The molecule has 2 aromatic carbocycles. The summed E-state index contributed by atoms with van der Waals surface area (Å²) in [5.74, 6) is 0.587. The predicted octanol–water partition coefficient (Wildman–Crippen LogP) is 4.75. The van der Waals surface area contributed by atoms with Crippen LogP contribution >= 0.6 is 0 Å². The number of nitrogens with one attached hydrogen (secondary N) is 1. The Morgan fingerprint density at radius 1 is 1.19 bits per heavy atom. The second kappa shape index (κ2) is 6.97. The molecule has 2 aromatic rings. The molecule has 0 radical (unpaired) electrons. The van der Waals surface area contributed by atoms with Gasteiger partial charge in [0.25, 0.3) is 0 Å². The first-order valence-electron chi connectivity index (χ1n) is 7.21. The topological polar surface area (TPSA) is 53.8 Å². The quantitative estimate of drug-likeness (QED) is 0.472. The van der Waals surface area contributed by atoms with Gasteiger partial charge < -0.3 is 5.43 Å². The second-order valence-corrected chi connectivity index (χ2v) is 5.70. The van der Waals surface area contributed by atoms with E-state index in [9.17, 15) is 4.91 Å². The Labute approximate surface area is 125 Å². The molecule has 0 aliphatic rings. The summed E-state index contributed by atoms with van der Waals surface area (Å²) < 4.78 is 0. The van der Waals surface area contributed by atoms with Gasteiger partial charge in [0.15, 0.2) is 0 Å². The minimum absolute atomic E-state index is 0.470. The number of hydrazone groups is 1. The van der Waals surface area contributed by atoms with Crippen LogP contribution in [0.2, 0.25) is 0 Å². The van der Waals surface area contributed by atoms with Gasteiger partial charge in [0.05, 0.1) is 6.54 Å². The number of nitroso groups, excluding NO2 is 1. The zero-order valence-corrected chi connectivity index (χ0v) is 12.8. The molecule has 0 saturated heterocycles. The minimum atomic E-state index is 0.470. The van der Waals surface area contributed by atoms with Crippen LogP contribution in [0.15, 0.2) is 46.7 Å². The molecular formula is C17H21N3O. The van der Waals surface area contributed by atoms with Crippen LogP contribution in [-0.2, 0) is 6.54 Å². The highest BCUT2D eigenvalue weighted by atomic mass is 16.3. The molecule has 2 rings (SSSR count). The van der Waals surface area contributed by atoms with E-state index in [0.717, 1.165) is 28.5 Å². The summed E-state index contributed by atoms with van der Waals surface area (Å²) >= 11 is 0. The fraction of sp³-hybridized carbons (Fsp3) is 0.353. The molecule has 0 aliphatic heterocycles. The van der Waals surface area contributed by atoms with Gasteiger partial charge in [0.1, 0.15) is 5.69 Å². The molecule has 0 saturated carbocycles. The van der Waals surface area contributed by atoms with Gasteiger partial charge in [-0.05, 0) is 47.3 Å². The highest BCUT2D eigenvalue weighted by Crippen LogP contribution is 2.26. The lowest BCUT2D eigenvalue weighted by Gasteiger charge is -2.08. The fourth-order valence-corrected chi connectivity index (χ4v) is 2.40. The summed E-state index contributed by atoms with van der Waals surface area (Å²) in [6.07, 6.45) is 0.962. The molecule has 0 heterocycles. The Hall–Kier alpha value is -2.23. The molecule has 110 valence electrons. The van der Waals surface area contributed by atoms with E-state index in [4.69, 9.17) is 0 Å². The lowest BCUT2D eigenvalue weighted by Crippen LogP contribution is -2.10. The highest BCUT2D eigenvalue weighted by molar-refractivity contribution is 5.86. The Balaban J connectivity index is 2.16. The van der Waals surface area contributed by atoms with E-state index >= 15 is 0 Å². The largest absolute Gasteiger partial charge is 0.306 e. The third-order valence-electron chi connectivity index (χ3n) is 3.29. The average molecular weight is 283 g/mol. The standard InChI is InChI=1S/C17H21N3O/c1-12(2)8-13(3)19-18-11-16-9-14-6-4-5-7-15(14)10-17(16)20-21/h4-7,9-10,12,18H,8,11H2,1-3H3. The van der Waals surface area contributed by atoms with E-state index < -0.39 is 0 Å². The van der Waals surface area contributed by atoms with Crippen molar-refractivity contribution in [3.8, 4) is 0 Å². The van der Waals surface area contributed by atoms with Crippen molar-refractivity contribution in [3.63, 3.8) is 0 Å². The van der Waals surface area contributed by atoms with E-state index in [1.807, 2.05) is 43.3 Å². The van der Waals surface area contributed by atoms with Crippen molar-refractivity contribution in [2.24, 2.45) is 16.2 Å². The molecule has 0 fully saturated rings. The van der Waals surface area contributed by atoms with Crippen molar-refractivity contribution in [2.45, 2.75) is 33.7 Å². The van der Waals surface area contributed by atoms with Crippen molar-refractivity contribution in [1.29, 1.82) is 0 Å². The van der Waals surface area contributed by atoms with Crippen LogP contribution < -0.4 is 5.43 Å². The number of nitrogens with zero attached hydrogens (tertiary/aromatic N) is 2. The first-order valence-corrected chi connectivity index (χ1v) is 7.21. The van der Waals surface area contributed by atoms with Crippen molar-refractivity contribution < 1.29 is 0 Å². The molecule has 0 bridgehead atoms. The molecule has 4 heteroatoms. The molecule has 0 atom stereocenters. The van der Waals surface area contributed by atoms with Gasteiger partial charge in [-0.2, -0.15) is 5.10 Å². The molecule has 0 aliphatic carbocycles. The maximum Gasteiger partial charge on any atom is 0.113 e. The van der Waals surface area contributed by atoms with Crippen LogP contribution in [0.1, 0.15) is 32.8 Å². The van der Waals surface area contributed by atoms with E-state index in [0.29, 0.717) is 18.2 Å². The van der Waals surface area contributed by atoms with E-state index in [2.05, 4.69) is 29.6 Å². The first kappa shape index (κ1) is 15.2. The normalized spacial score (nSPS) is 11.9. The Kier molecular flexibility index (Phi) is 5.04. The van der Waals surface area contributed by atoms with Gasteiger partial charge in [0.2, 0.25) is 0 Å². The van der Waals surface area contributed by atoms with Gasteiger partial charge >= 0.3 is 0 Å². The second-order valence-electron chi connectivity index (χ2n) is 5.70. The van der Waals surface area contributed by atoms with Crippen molar-refractivity contribution in [1.82, 2.24) is 5.43 Å². The van der Waals surface area contributed by atoms with Crippen molar-refractivity contribution in [3.05, 3.63) is 46.9 Å². The molecule has 1 N–H and O–H groups in total. The number of fused-ring (bicyclic) bond motifs is 1. The Morgan fingerprint density at radius 2 is 1.86 bits per heavy atom. The van der Waals surface area contributed by atoms with Gasteiger partial charge in [0, 0.05) is 11.3 Å². The molecule has 0 unspecified atom stereocenters. The Bertz CT molecular complexity index is 662. The van der Waals surface area contributed by atoms with E-state index in [1.165, 1.54) is 0 Å². The van der Waals surface area contributed by atoms with Crippen LogP contribution in [0.5, 0.6) is 0 Å². The monoisotopic (exact) mass is 283 g/mol. The van der Waals surface area contributed by atoms with Gasteiger partial charge in [-0.3, -0.25) is 0 Å².